The van der Waals surface area contributed by atoms with E-state index in [1.54, 1.807) is 13.2 Å². The second-order valence-electron chi connectivity index (χ2n) is 6.56. The summed E-state index contributed by atoms with van der Waals surface area (Å²) in [5.41, 5.74) is 0.899. The molecule has 1 atom stereocenters. The number of aliphatic imine (C=N–C) groups is 1. The van der Waals surface area contributed by atoms with Crippen LogP contribution in [0.5, 0.6) is 0 Å². The number of pyridine rings is 1. The van der Waals surface area contributed by atoms with Crippen LogP contribution >= 0.6 is 11.6 Å². The zero-order chi connectivity index (χ0) is 18.6. The molecule has 1 aliphatic rings. The molecule has 0 saturated carbocycles. The molecular weight excluding hydrogens is 362 g/mol. The normalized spacial score (nSPS) is 17.5. The molecule has 1 aromatic carbocycles. The van der Waals surface area contributed by atoms with Gasteiger partial charge in [0.2, 0.25) is 0 Å². The Kier molecular flexibility index (Phi) is 5.16. The molecule has 3 aromatic rings. The molecule has 4 rings (SSSR count). The summed E-state index contributed by atoms with van der Waals surface area (Å²) >= 11 is 6.26. The SMILES string of the molecule is CN=C(NCc1cc2ccccc2o1)NC1CCN(c2ncccc2Cl)C1. The standard InChI is InChI=1S/C20H22ClN5O/c1-22-20(24-12-16-11-14-5-2-3-7-18(14)27-16)25-15-8-10-26(13-15)19-17(21)6-4-9-23-19/h2-7,9,11,15H,8,10,12-13H2,1H3,(H2,22,24,25). The van der Waals surface area contributed by atoms with Gasteiger partial charge in [0.25, 0.3) is 0 Å². The monoisotopic (exact) mass is 383 g/mol. The number of hydrogen-bond donors (Lipinski definition) is 2. The van der Waals surface area contributed by atoms with Crippen molar-refractivity contribution in [3.8, 4) is 0 Å². The van der Waals surface area contributed by atoms with Crippen LogP contribution < -0.4 is 15.5 Å². The Morgan fingerprint density at radius 2 is 2.22 bits per heavy atom. The first-order valence-corrected chi connectivity index (χ1v) is 9.41. The number of anilines is 1. The second kappa shape index (κ2) is 7.88. The molecule has 27 heavy (non-hydrogen) atoms. The lowest BCUT2D eigenvalue weighted by atomic mass is 10.2. The van der Waals surface area contributed by atoms with Gasteiger partial charge in [0.15, 0.2) is 5.96 Å². The second-order valence-corrected chi connectivity index (χ2v) is 6.97. The Morgan fingerprint density at radius 3 is 3.04 bits per heavy atom. The van der Waals surface area contributed by atoms with Crippen molar-refractivity contribution in [2.24, 2.45) is 4.99 Å². The average molecular weight is 384 g/mol. The van der Waals surface area contributed by atoms with Crippen molar-refractivity contribution in [3.05, 3.63) is 59.4 Å². The van der Waals surface area contributed by atoms with Gasteiger partial charge in [0, 0.05) is 37.8 Å². The van der Waals surface area contributed by atoms with Gasteiger partial charge in [-0.15, -0.1) is 0 Å². The van der Waals surface area contributed by atoms with Gasteiger partial charge in [-0.3, -0.25) is 4.99 Å². The van der Waals surface area contributed by atoms with Crippen LogP contribution in [0.4, 0.5) is 5.82 Å². The van der Waals surface area contributed by atoms with Gasteiger partial charge < -0.3 is 20.0 Å². The first kappa shape index (κ1) is 17.7. The van der Waals surface area contributed by atoms with E-state index in [-0.39, 0.29) is 6.04 Å². The van der Waals surface area contributed by atoms with Gasteiger partial charge in [-0.2, -0.15) is 0 Å². The molecule has 1 saturated heterocycles. The number of rotatable bonds is 4. The molecule has 1 aliphatic heterocycles. The maximum atomic E-state index is 6.26. The van der Waals surface area contributed by atoms with Gasteiger partial charge >= 0.3 is 0 Å². The molecule has 2 aromatic heterocycles. The number of nitrogens with zero attached hydrogens (tertiary/aromatic N) is 3. The minimum atomic E-state index is 0.282. The molecule has 0 spiro atoms. The topological polar surface area (TPSA) is 65.7 Å². The summed E-state index contributed by atoms with van der Waals surface area (Å²) in [5, 5.41) is 8.59. The van der Waals surface area contributed by atoms with Crippen LogP contribution in [0.2, 0.25) is 5.02 Å². The van der Waals surface area contributed by atoms with Crippen molar-refractivity contribution in [1.29, 1.82) is 0 Å². The molecule has 3 heterocycles. The quantitative estimate of drug-likeness (QED) is 0.533. The lowest BCUT2D eigenvalue weighted by Crippen LogP contribution is -2.44. The summed E-state index contributed by atoms with van der Waals surface area (Å²) in [5.74, 6) is 2.48. The zero-order valence-corrected chi connectivity index (χ0v) is 15.9. The van der Waals surface area contributed by atoms with Crippen LogP contribution in [-0.4, -0.2) is 37.1 Å². The number of para-hydroxylation sites is 1. The molecule has 6 nitrogen and oxygen atoms in total. The molecule has 0 bridgehead atoms. The third-order valence-corrected chi connectivity index (χ3v) is 4.99. The highest BCUT2D eigenvalue weighted by Crippen LogP contribution is 2.25. The molecule has 0 amide bonds. The summed E-state index contributed by atoms with van der Waals surface area (Å²) in [6.45, 7) is 2.33. The fraction of sp³-hybridized carbons (Fsp3) is 0.300. The summed E-state index contributed by atoms with van der Waals surface area (Å²) in [6, 6.07) is 14.1. The van der Waals surface area contributed by atoms with E-state index in [1.165, 1.54) is 0 Å². The number of nitrogens with one attached hydrogen (secondary N) is 2. The molecule has 1 unspecified atom stereocenters. The van der Waals surface area contributed by atoms with E-state index in [0.717, 1.165) is 48.0 Å². The Balaban J connectivity index is 1.33. The highest BCUT2D eigenvalue weighted by atomic mass is 35.5. The van der Waals surface area contributed by atoms with Crippen molar-refractivity contribution in [2.75, 3.05) is 25.0 Å². The number of fused-ring (bicyclic) bond motifs is 1. The highest BCUT2D eigenvalue weighted by molar-refractivity contribution is 6.32. The third kappa shape index (κ3) is 4.01. The first-order chi connectivity index (χ1) is 13.2. The lowest BCUT2D eigenvalue weighted by molar-refractivity contribution is 0.535. The first-order valence-electron chi connectivity index (χ1n) is 9.03. The summed E-state index contributed by atoms with van der Waals surface area (Å²) in [6.07, 6.45) is 2.77. The molecule has 2 N–H and O–H groups in total. The van der Waals surface area contributed by atoms with E-state index < -0.39 is 0 Å². The number of benzene rings is 1. The molecule has 7 heteroatoms. The number of guanidine groups is 1. The van der Waals surface area contributed by atoms with E-state index in [0.29, 0.717) is 11.6 Å². The van der Waals surface area contributed by atoms with Crippen molar-refractivity contribution in [2.45, 2.75) is 19.0 Å². The highest BCUT2D eigenvalue weighted by Gasteiger charge is 2.25. The van der Waals surface area contributed by atoms with Gasteiger partial charge in [0.1, 0.15) is 17.2 Å². The van der Waals surface area contributed by atoms with Crippen LogP contribution in [0.25, 0.3) is 11.0 Å². The molecule has 0 aliphatic carbocycles. The average Bonchev–Trinajstić information content (AvgIpc) is 3.32. The largest absolute Gasteiger partial charge is 0.459 e. The fourth-order valence-electron chi connectivity index (χ4n) is 3.36. The maximum Gasteiger partial charge on any atom is 0.191 e. The van der Waals surface area contributed by atoms with E-state index >= 15 is 0 Å². The Hall–Kier alpha value is -2.73. The molecule has 140 valence electrons. The van der Waals surface area contributed by atoms with Crippen molar-refractivity contribution < 1.29 is 4.42 Å². The Morgan fingerprint density at radius 1 is 1.33 bits per heavy atom. The fourth-order valence-corrected chi connectivity index (χ4v) is 3.60. The van der Waals surface area contributed by atoms with E-state index in [4.69, 9.17) is 16.0 Å². The number of hydrogen-bond acceptors (Lipinski definition) is 4. The van der Waals surface area contributed by atoms with Crippen LogP contribution in [0.15, 0.2) is 58.1 Å². The van der Waals surface area contributed by atoms with Crippen LogP contribution in [-0.2, 0) is 6.54 Å². The summed E-state index contributed by atoms with van der Waals surface area (Å²) in [4.78, 5) is 10.9. The smallest absolute Gasteiger partial charge is 0.191 e. The van der Waals surface area contributed by atoms with Crippen molar-refractivity contribution in [3.63, 3.8) is 0 Å². The van der Waals surface area contributed by atoms with Gasteiger partial charge in [0.05, 0.1) is 11.6 Å². The number of aromatic nitrogens is 1. The molecule has 0 radical (unpaired) electrons. The van der Waals surface area contributed by atoms with E-state index in [1.807, 2.05) is 36.4 Å². The van der Waals surface area contributed by atoms with E-state index in [2.05, 4.69) is 31.6 Å². The minimum absolute atomic E-state index is 0.282. The molecular formula is C20H22ClN5O. The summed E-state index contributed by atoms with van der Waals surface area (Å²) < 4.78 is 5.84. The number of furan rings is 1. The summed E-state index contributed by atoms with van der Waals surface area (Å²) in [7, 11) is 1.77. The lowest BCUT2D eigenvalue weighted by Gasteiger charge is -2.20. The Bertz CT molecular complexity index is 921. The maximum absolute atomic E-state index is 6.26. The predicted octanol–water partition coefficient (Wildman–Crippen LogP) is 3.43. The third-order valence-electron chi connectivity index (χ3n) is 4.70. The van der Waals surface area contributed by atoms with Crippen LogP contribution in [0, 0.1) is 0 Å². The van der Waals surface area contributed by atoms with Crippen LogP contribution in [0.3, 0.4) is 0 Å². The zero-order valence-electron chi connectivity index (χ0n) is 15.2. The number of halogens is 1. The van der Waals surface area contributed by atoms with E-state index in [9.17, 15) is 0 Å². The van der Waals surface area contributed by atoms with Gasteiger partial charge in [-0.25, -0.2) is 4.98 Å². The van der Waals surface area contributed by atoms with Crippen molar-refractivity contribution in [1.82, 2.24) is 15.6 Å². The van der Waals surface area contributed by atoms with Crippen LogP contribution in [0.1, 0.15) is 12.2 Å². The Labute approximate surface area is 163 Å². The van der Waals surface area contributed by atoms with Gasteiger partial charge in [-0.1, -0.05) is 29.8 Å². The van der Waals surface area contributed by atoms with Crippen molar-refractivity contribution >= 4 is 34.3 Å². The van der Waals surface area contributed by atoms with Gasteiger partial charge in [-0.05, 0) is 30.7 Å². The minimum Gasteiger partial charge on any atom is -0.459 e. The molecule has 1 fully saturated rings. The predicted molar refractivity (Wildman–Crippen MR) is 109 cm³/mol.